The lowest BCUT2D eigenvalue weighted by atomic mass is 10.5. The van der Waals surface area contributed by atoms with Crippen LogP contribution in [0.4, 0.5) is 5.95 Å². The summed E-state index contributed by atoms with van der Waals surface area (Å²) in [5.41, 5.74) is -0.885. The predicted molar refractivity (Wildman–Crippen MR) is 101 cm³/mol. The molecule has 0 amide bonds. The van der Waals surface area contributed by atoms with Crippen molar-refractivity contribution in [3.63, 3.8) is 0 Å². The van der Waals surface area contributed by atoms with E-state index in [1.165, 1.54) is 0 Å². The molecule has 1 aromatic rings. The largest absolute Gasteiger partial charge is 0.365 e. The number of anilines is 1. The van der Waals surface area contributed by atoms with Gasteiger partial charge in [0.05, 0.1) is 26.4 Å². The zero-order chi connectivity index (χ0) is 19.8. The molecule has 0 atom stereocenters. The molecule has 0 unspecified atom stereocenters. The second-order valence-electron chi connectivity index (χ2n) is 4.92. The van der Waals surface area contributed by atoms with Crippen molar-refractivity contribution < 1.29 is 27.2 Å². The van der Waals surface area contributed by atoms with Crippen molar-refractivity contribution >= 4 is 32.7 Å². The van der Waals surface area contributed by atoms with Gasteiger partial charge in [-0.2, -0.15) is 0 Å². The quantitative estimate of drug-likeness (QED) is 0.374. The van der Waals surface area contributed by atoms with Crippen LogP contribution >= 0.6 is 26.8 Å². The Morgan fingerprint density at radius 2 is 1.38 bits per heavy atom. The zero-order valence-corrected chi connectivity index (χ0v) is 18.1. The molecule has 0 fully saturated rings. The van der Waals surface area contributed by atoms with Gasteiger partial charge in [0.2, 0.25) is 11.5 Å². The Kier molecular flexibility index (Phi) is 9.69. The Morgan fingerprint density at radius 3 is 1.73 bits per heavy atom. The highest BCUT2D eigenvalue weighted by molar-refractivity contribution is 7.72. The molecular weight excluding hydrogens is 404 g/mol. The normalized spacial score (nSPS) is 12.6. The van der Waals surface area contributed by atoms with Crippen LogP contribution in [0.25, 0.3) is 0 Å². The molecule has 150 valence electrons. The molecule has 0 bridgehead atoms. The monoisotopic (exact) mass is 429 g/mol. The highest BCUT2D eigenvalue weighted by atomic mass is 35.5. The average Bonchev–Trinajstić information content (AvgIpc) is 2.52. The molecular formula is C14H26ClN3O6P2. The third-order valence-corrected chi connectivity index (χ3v) is 8.74. The number of hydrogen-bond acceptors (Lipinski definition) is 9. The zero-order valence-electron chi connectivity index (χ0n) is 15.6. The van der Waals surface area contributed by atoms with Crippen molar-refractivity contribution in [2.24, 2.45) is 0 Å². The minimum atomic E-state index is -3.95. The molecule has 0 saturated carbocycles. The Hall–Kier alpha value is -0.530. The molecule has 1 aromatic heterocycles. The topological polar surface area (TPSA) is 109 Å². The summed E-state index contributed by atoms with van der Waals surface area (Å²) in [5, 5.41) is 2.92. The van der Waals surface area contributed by atoms with Crippen LogP contribution in [0.15, 0.2) is 6.07 Å². The smallest absolute Gasteiger partial charge is 0.330 e. The Bertz CT molecular complexity index is 608. The average molecular weight is 430 g/mol. The van der Waals surface area contributed by atoms with Crippen molar-refractivity contribution in [3.05, 3.63) is 16.9 Å². The lowest BCUT2D eigenvalue weighted by Gasteiger charge is -2.31. The van der Waals surface area contributed by atoms with Crippen LogP contribution in [-0.2, 0) is 27.2 Å². The maximum absolute atomic E-state index is 13.4. The SMILES string of the molecule is CCOP(=O)(OCC)C(Nc1nc(C)cc(Cl)n1)P(=O)(OCC)OCC. The van der Waals surface area contributed by atoms with Gasteiger partial charge >= 0.3 is 15.2 Å². The van der Waals surface area contributed by atoms with E-state index in [0.29, 0.717) is 5.69 Å². The molecule has 0 aliphatic carbocycles. The summed E-state index contributed by atoms with van der Waals surface area (Å²) in [4.78, 5) is 8.19. The minimum Gasteiger partial charge on any atom is -0.330 e. The van der Waals surface area contributed by atoms with Gasteiger partial charge in [-0.05, 0) is 40.7 Å². The summed E-state index contributed by atoms with van der Waals surface area (Å²) in [6.45, 7) is 8.59. The van der Waals surface area contributed by atoms with E-state index < -0.39 is 20.7 Å². The Morgan fingerprint density at radius 1 is 0.962 bits per heavy atom. The second kappa shape index (κ2) is 10.7. The first-order valence-corrected chi connectivity index (χ1v) is 11.9. The van der Waals surface area contributed by atoms with Gasteiger partial charge in [-0.25, -0.2) is 9.97 Å². The number of hydrogen-bond donors (Lipinski definition) is 1. The molecule has 9 nitrogen and oxygen atoms in total. The van der Waals surface area contributed by atoms with E-state index >= 15 is 0 Å². The Balaban J connectivity index is 3.43. The van der Waals surface area contributed by atoms with E-state index in [2.05, 4.69) is 15.3 Å². The van der Waals surface area contributed by atoms with Crippen LogP contribution in [0.3, 0.4) is 0 Å². The molecule has 12 heteroatoms. The van der Waals surface area contributed by atoms with E-state index in [1.807, 2.05) is 0 Å². The van der Waals surface area contributed by atoms with E-state index in [0.717, 1.165) is 0 Å². The minimum absolute atomic E-state index is 0.0132. The van der Waals surface area contributed by atoms with E-state index in [4.69, 9.17) is 29.7 Å². The number of rotatable bonds is 12. The molecule has 0 aromatic carbocycles. The fraction of sp³-hybridized carbons (Fsp3) is 0.714. The van der Waals surface area contributed by atoms with Gasteiger partial charge in [0.1, 0.15) is 5.15 Å². The third kappa shape index (κ3) is 6.27. The molecule has 0 saturated heterocycles. The molecule has 0 aliphatic heterocycles. The fourth-order valence-electron chi connectivity index (χ4n) is 2.12. The van der Waals surface area contributed by atoms with Gasteiger partial charge in [-0.15, -0.1) is 0 Å². The van der Waals surface area contributed by atoms with Crippen LogP contribution in [0.2, 0.25) is 5.15 Å². The maximum Gasteiger partial charge on any atom is 0.365 e. The summed E-state index contributed by atoms with van der Waals surface area (Å²) in [7, 11) is -7.91. The molecule has 1 heterocycles. The standard InChI is InChI=1S/C14H26ClN3O6P2/c1-6-21-25(19,22-7-2)14(26(20,23-8-3)24-9-4)18-13-16-11(5)10-12(15)17-13/h10,14H,6-9H2,1-5H3,(H,16,17,18). The van der Waals surface area contributed by atoms with Gasteiger partial charge in [-0.3, -0.25) is 9.13 Å². The summed E-state index contributed by atoms with van der Waals surface area (Å²) in [6, 6.07) is 1.55. The van der Waals surface area contributed by atoms with Crippen LogP contribution in [0.1, 0.15) is 33.4 Å². The number of nitrogens with one attached hydrogen (secondary N) is 1. The van der Waals surface area contributed by atoms with E-state index in [1.54, 1.807) is 40.7 Å². The summed E-state index contributed by atoms with van der Waals surface area (Å²) in [5.74, 6) is 0.0132. The lowest BCUT2D eigenvalue weighted by Crippen LogP contribution is -2.26. The van der Waals surface area contributed by atoms with Crippen LogP contribution in [-0.4, -0.2) is 41.9 Å². The first-order chi connectivity index (χ1) is 12.2. The molecule has 0 aliphatic rings. The lowest BCUT2D eigenvalue weighted by molar-refractivity contribution is 0.198. The molecule has 1 N–H and O–H groups in total. The first-order valence-electron chi connectivity index (χ1n) is 8.29. The first kappa shape index (κ1) is 23.5. The fourth-order valence-corrected chi connectivity index (χ4v) is 7.24. The molecule has 0 spiro atoms. The van der Waals surface area contributed by atoms with Crippen molar-refractivity contribution in [2.45, 2.75) is 40.1 Å². The van der Waals surface area contributed by atoms with Gasteiger partial charge in [0.15, 0.2) is 0 Å². The molecule has 1 rings (SSSR count). The van der Waals surface area contributed by atoms with Crippen molar-refractivity contribution in [2.75, 3.05) is 31.7 Å². The number of aryl methyl sites for hydroxylation is 1. The number of nitrogens with zero attached hydrogens (tertiary/aromatic N) is 2. The molecule has 0 radical (unpaired) electrons. The predicted octanol–water partition coefficient (Wildman–Crippen LogP) is 4.67. The number of halogens is 1. The van der Waals surface area contributed by atoms with Crippen LogP contribution in [0.5, 0.6) is 0 Å². The van der Waals surface area contributed by atoms with Gasteiger partial charge < -0.3 is 23.4 Å². The van der Waals surface area contributed by atoms with E-state index in [9.17, 15) is 9.13 Å². The summed E-state index contributed by atoms with van der Waals surface area (Å²) < 4.78 is 48.1. The van der Waals surface area contributed by atoms with Gasteiger partial charge in [-0.1, -0.05) is 11.6 Å². The Labute approximate surface area is 159 Å². The van der Waals surface area contributed by atoms with Crippen LogP contribution < -0.4 is 5.32 Å². The van der Waals surface area contributed by atoms with Crippen LogP contribution in [0, 0.1) is 6.92 Å². The summed E-state index contributed by atoms with van der Waals surface area (Å²) >= 11 is 5.95. The highest BCUT2D eigenvalue weighted by Crippen LogP contribution is 2.69. The third-order valence-electron chi connectivity index (χ3n) is 2.92. The van der Waals surface area contributed by atoms with Crippen molar-refractivity contribution in [1.29, 1.82) is 0 Å². The summed E-state index contributed by atoms with van der Waals surface area (Å²) in [6.07, 6.45) is 0. The molecule has 26 heavy (non-hydrogen) atoms. The second-order valence-corrected chi connectivity index (χ2v) is 9.94. The van der Waals surface area contributed by atoms with Gasteiger partial charge in [0, 0.05) is 5.69 Å². The maximum atomic E-state index is 13.4. The number of aromatic nitrogens is 2. The van der Waals surface area contributed by atoms with Gasteiger partial charge in [0.25, 0.3) is 0 Å². The van der Waals surface area contributed by atoms with E-state index in [-0.39, 0.29) is 37.5 Å². The van der Waals surface area contributed by atoms with Crippen molar-refractivity contribution in [3.8, 4) is 0 Å². The van der Waals surface area contributed by atoms with Crippen molar-refractivity contribution in [1.82, 2.24) is 9.97 Å². The highest BCUT2D eigenvalue weighted by Gasteiger charge is 2.51.